The van der Waals surface area contributed by atoms with Crippen molar-refractivity contribution in [3.63, 3.8) is 0 Å². The van der Waals surface area contributed by atoms with Gasteiger partial charge in [-0.25, -0.2) is 9.59 Å². The Bertz CT molecular complexity index is 970. The van der Waals surface area contributed by atoms with Crippen molar-refractivity contribution in [2.24, 2.45) is 11.5 Å². The third-order valence-electron chi connectivity index (χ3n) is 4.66. The van der Waals surface area contributed by atoms with Gasteiger partial charge in [-0.1, -0.05) is 0 Å². The second-order valence-corrected chi connectivity index (χ2v) is 7.73. The summed E-state index contributed by atoms with van der Waals surface area (Å²) in [4.78, 5) is 22.4. The van der Waals surface area contributed by atoms with Crippen LogP contribution in [0.1, 0.15) is 22.3 Å². The maximum absolute atomic E-state index is 11.2. The average Bonchev–Trinajstić information content (AvgIpc) is 2.73. The number of hydrogen-bond donors (Lipinski definition) is 4. The number of ether oxygens (including phenoxy) is 4. The number of rotatable bonds is 8. The van der Waals surface area contributed by atoms with Crippen LogP contribution in [0.3, 0.4) is 0 Å². The molecule has 0 aliphatic rings. The lowest BCUT2D eigenvalue weighted by Crippen LogP contribution is -2.21. The minimum atomic E-state index is -1.03. The number of aryl methyl sites for hydroxylation is 1. The number of benzene rings is 2. The summed E-state index contributed by atoms with van der Waals surface area (Å²) in [5.74, 6) is 1.25. The van der Waals surface area contributed by atoms with Gasteiger partial charge in [-0.15, -0.1) is 48.0 Å². The summed E-state index contributed by atoms with van der Waals surface area (Å²) >= 11 is 11.6. The lowest BCUT2D eigenvalue weighted by Gasteiger charge is -2.21. The van der Waals surface area contributed by atoms with Crippen LogP contribution < -0.4 is 41.9 Å². The van der Waals surface area contributed by atoms with Gasteiger partial charge in [0.25, 0.3) is 0 Å². The highest BCUT2D eigenvalue weighted by atomic mass is 35.5. The minimum Gasteiger partial charge on any atom is -0.492 e. The van der Waals surface area contributed by atoms with E-state index in [1.54, 1.807) is 14.0 Å². The monoisotopic (exact) mass is 588 g/mol. The number of carbonyl (C=O) groups excluding carboxylic acids is 2. The van der Waals surface area contributed by atoms with Crippen LogP contribution in [-0.2, 0) is 12.8 Å². The average molecular weight is 590 g/mol. The zero-order valence-electron chi connectivity index (χ0n) is 20.3. The standard InChI is InChI=1S/C14H18Cl2N2O5.C8H12N2O.2ClH/c1-7-8(3-5-15)10(22-13(17)19)12(21-2)11(23-14(18)20)9(7)4-6-16;1-5-3-6(9)8(11-2)7(10)4-5;;/h3-6H2,1-2H3,(H2,17,19)(H2,18,20);3-4H,9-10H2,1-2H3;2*1H. The lowest BCUT2D eigenvalue weighted by molar-refractivity contribution is 0.204. The summed E-state index contributed by atoms with van der Waals surface area (Å²) in [7, 11) is 2.89. The lowest BCUT2D eigenvalue weighted by atomic mass is 9.95. The summed E-state index contributed by atoms with van der Waals surface area (Å²) in [6, 6.07) is 3.66. The van der Waals surface area contributed by atoms with E-state index < -0.39 is 12.2 Å². The summed E-state index contributed by atoms with van der Waals surface area (Å²) in [6.07, 6.45) is -1.29. The van der Waals surface area contributed by atoms with Gasteiger partial charge in [0.2, 0.25) is 5.75 Å². The van der Waals surface area contributed by atoms with Gasteiger partial charge in [0.05, 0.1) is 25.6 Å². The van der Waals surface area contributed by atoms with Gasteiger partial charge in [-0.05, 0) is 49.9 Å². The molecule has 2 amide bonds. The highest BCUT2D eigenvalue weighted by Gasteiger charge is 2.27. The van der Waals surface area contributed by atoms with Crippen molar-refractivity contribution in [3.8, 4) is 23.0 Å². The first-order valence-electron chi connectivity index (χ1n) is 10.0. The van der Waals surface area contributed by atoms with Gasteiger partial charge in [0, 0.05) is 22.9 Å². The number of anilines is 2. The molecule has 0 fully saturated rings. The first-order chi connectivity index (χ1) is 16.0. The molecule has 8 N–H and O–H groups in total. The molecule has 0 heterocycles. The van der Waals surface area contributed by atoms with E-state index in [4.69, 9.17) is 65.1 Å². The Balaban J connectivity index is 0. The number of alkyl halides is 2. The van der Waals surface area contributed by atoms with E-state index in [-0.39, 0.29) is 53.8 Å². The van der Waals surface area contributed by atoms with Crippen LogP contribution in [0.5, 0.6) is 23.0 Å². The summed E-state index contributed by atoms with van der Waals surface area (Å²) in [5, 5.41) is 0. The Morgan fingerprint density at radius 2 is 1.11 bits per heavy atom. The molecule has 0 saturated carbocycles. The van der Waals surface area contributed by atoms with E-state index in [9.17, 15) is 9.59 Å². The zero-order chi connectivity index (χ0) is 26.0. The van der Waals surface area contributed by atoms with Crippen molar-refractivity contribution >= 4 is 71.6 Å². The number of amides is 2. The molecule has 2 aromatic carbocycles. The maximum atomic E-state index is 11.2. The Morgan fingerprint density at radius 3 is 1.39 bits per heavy atom. The molecule has 2 rings (SSSR count). The fraction of sp³-hybridized carbons (Fsp3) is 0.364. The third kappa shape index (κ3) is 9.42. The van der Waals surface area contributed by atoms with Crippen LogP contribution in [-0.4, -0.2) is 38.2 Å². The Hall–Kier alpha value is -2.66. The van der Waals surface area contributed by atoms with E-state index in [1.807, 2.05) is 19.1 Å². The SMILES string of the molecule is COc1c(N)cc(C)cc1N.COc1c(OC(N)=O)c(CCCl)c(C)c(CCCl)c1OC(N)=O.Cl.Cl. The van der Waals surface area contributed by atoms with Crippen molar-refractivity contribution in [1.82, 2.24) is 0 Å². The summed E-state index contributed by atoms with van der Waals surface area (Å²) in [5.41, 5.74) is 25.6. The zero-order valence-corrected chi connectivity index (χ0v) is 23.5. The predicted octanol–water partition coefficient (Wildman–Crippen LogP) is 4.49. The first kappa shape index (κ1) is 35.5. The molecular weight excluding hydrogens is 558 g/mol. The molecule has 0 bridgehead atoms. The van der Waals surface area contributed by atoms with Crippen LogP contribution in [0.4, 0.5) is 21.0 Å². The van der Waals surface area contributed by atoms with Crippen molar-refractivity contribution in [3.05, 3.63) is 34.4 Å². The van der Waals surface area contributed by atoms with Gasteiger partial charge in [-0.3, -0.25) is 0 Å². The summed E-state index contributed by atoms with van der Waals surface area (Å²) in [6.45, 7) is 3.71. The van der Waals surface area contributed by atoms with E-state index in [2.05, 4.69) is 0 Å². The molecule has 0 spiro atoms. The van der Waals surface area contributed by atoms with Gasteiger partial charge in [-0.2, -0.15) is 0 Å². The van der Waals surface area contributed by atoms with Gasteiger partial charge >= 0.3 is 12.2 Å². The molecular formula is C22H32Cl4N4O6. The number of methoxy groups -OCH3 is 2. The fourth-order valence-electron chi connectivity index (χ4n) is 3.36. The van der Waals surface area contributed by atoms with Crippen molar-refractivity contribution in [2.75, 3.05) is 37.4 Å². The first-order valence-corrected chi connectivity index (χ1v) is 11.1. The predicted molar refractivity (Wildman–Crippen MR) is 148 cm³/mol. The fourth-order valence-corrected chi connectivity index (χ4v) is 3.74. The topological polar surface area (TPSA) is 175 Å². The molecule has 2 aromatic rings. The van der Waals surface area contributed by atoms with Crippen LogP contribution in [0.25, 0.3) is 0 Å². The largest absolute Gasteiger partial charge is 0.492 e. The number of carbonyl (C=O) groups is 2. The second-order valence-electron chi connectivity index (χ2n) is 6.97. The van der Waals surface area contributed by atoms with Crippen LogP contribution in [0.2, 0.25) is 0 Å². The smallest absolute Gasteiger partial charge is 0.410 e. The number of hydrogen-bond acceptors (Lipinski definition) is 8. The highest BCUT2D eigenvalue weighted by Crippen LogP contribution is 2.46. The highest BCUT2D eigenvalue weighted by molar-refractivity contribution is 6.18. The van der Waals surface area contributed by atoms with E-state index in [0.29, 0.717) is 46.7 Å². The van der Waals surface area contributed by atoms with Crippen LogP contribution in [0, 0.1) is 13.8 Å². The van der Waals surface area contributed by atoms with Crippen LogP contribution in [0.15, 0.2) is 12.1 Å². The van der Waals surface area contributed by atoms with Crippen molar-refractivity contribution < 1.29 is 28.5 Å². The maximum Gasteiger partial charge on any atom is 0.410 e. The number of nitrogen functional groups attached to an aromatic ring is 2. The molecule has 0 radical (unpaired) electrons. The molecule has 14 heteroatoms. The molecule has 0 atom stereocenters. The Morgan fingerprint density at radius 1 is 0.750 bits per heavy atom. The normalized spacial score (nSPS) is 9.50. The number of nitrogens with two attached hydrogens (primary N) is 4. The minimum absolute atomic E-state index is 0. The van der Waals surface area contributed by atoms with E-state index in [1.165, 1.54) is 7.11 Å². The third-order valence-corrected chi connectivity index (χ3v) is 5.04. The molecule has 0 aromatic heterocycles. The van der Waals surface area contributed by atoms with Gasteiger partial charge < -0.3 is 41.9 Å². The molecule has 204 valence electrons. The quantitative estimate of drug-likeness (QED) is 0.257. The van der Waals surface area contributed by atoms with E-state index >= 15 is 0 Å². The second kappa shape index (κ2) is 16.9. The number of primary amides is 2. The number of halogens is 4. The van der Waals surface area contributed by atoms with Gasteiger partial charge in [0.1, 0.15) is 0 Å². The van der Waals surface area contributed by atoms with Crippen molar-refractivity contribution in [1.29, 1.82) is 0 Å². The van der Waals surface area contributed by atoms with Crippen molar-refractivity contribution in [2.45, 2.75) is 26.7 Å². The van der Waals surface area contributed by atoms with Crippen LogP contribution >= 0.6 is 48.0 Å². The molecule has 0 aliphatic carbocycles. The van der Waals surface area contributed by atoms with Gasteiger partial charge in [0.15, 0.2) is 17.2 Å². The molecule has 0 unspecified atom stereocenters. The Labute approximate surface area is 232 Å². The van der Waals surface area contributed by atoms with E-state index in [0.717, 1.165) is 5.56 Å². The molecule has 0 saturated heterocycles. The Kier molecular flexibility index (Phi) is 16.7. The molecule has 36 heavy (non-hydrogen) atoms. The summed E-state index contributed by atoms with van der Waals surface area (Å²) < 4.78 is 20.3. The molecule has 10 nitrogen and oxygen atoms in total. The molecule has 0 aliphatic heterocycles.